The van der Waals surface area contributed by atoms with Gasteiger partial charge in [0, 0.05) is 24.2 Å². The van der Waals surface area contributed by atoms with Gasteiger partial charge in [0.05, 0.1) is 9.90 Å². The molecule has 116 valence electrons. The van der Waals surface area contributed by atoms with Gasteiger partial charge in [0.1, 0.15) is 0 Å². The zero-order chi connectivity index (χ0) is 15.7. The van der Waals surface area contributed by atoms with Gasteiger partial charge in [-0.3, -0.25) is 4.79 Å². The highest BCUT2D eigenvalue weighted by Crippen LogP contribution is 2.43. The molecule has 1 aromatic carbocycles. The summed E-state index contributed by atoms with van der Waals surface area (Å²) in [6.07, 6.45) is 2.38. The Bertz CT molecular complexity index is 709. The highest BCUT2D eigenvalue weighted by molar-refractivity contribution is 7.12. The number of rotatable bonds is 5. The van der Waals surface area contributed by atoms with E-state index >= 15 is 0 Å². The minimum Gasteiger partial charge on any atom is -0.398 e. The maximum absolute atomic E-state index is 12.2. The molecule has 1 heterocycles. The van der Waals surface area contributed by atoms with Crippen LogP contribution in [-0.4, -0.2) is 5.91 Å². The molecule has 0 atom stereocenters. The van der Waals surface area contributed by atoms with Crippen molar-refractivity contribution in [2.75, 3.05) is 5.73 Å². The zero-order valence-corrected chi connectivity index (χ0v) is 13.6. The van der Waals surface area contributed by atoms with E-state index in [1.165, 1.54) is 29.7 Å². The summed E-state index contributed by atoms with van der Waals surface area (Å²) in [4.78, 5) is 12.8. The van der Waals surface area contributed by atoms with Crippen molar-refractivity contribution < 1.29 is 4.79 Å². The number of thiophene rings is 1. The molecule has 1 fully saturated rings. The average Bonchev–Trinajstić information content (AvgIpc) is 3.25. The molecule has 1 aromatic heterocycles. The third-order valence-electron chi connectivity index (χ3n) is 3.94. The SMILES string of the molecule is NCc1c(N)ccc(C2CC2)c1CNC(=O)c1cc(Cl)cs1. The fourth-order valence-electron chi connectivity index (χ4n) is 2.64. The van der Waals surface area contributed by atoms with Crippen LogP contribution < -0.4 is 16.8 Å². The van der Waals surface area contributed by atoms with Crippen molar-refractivity contribution in [1.82, 2.24) is 5.32 Å². The van der Waals surface area contributed by atoms with Crippen molar-refractivity contribution in [2.45, 2.75) is 31.8 Å². The molecule has 1 aliphatic rings. The number of anilines is 1. The number of hydrogen-bond donors (Lipinski definition) is 3. The normalized spacial score (nSPS) is 14.1. The van der Waals surface area contributed by atoms with Crippen LogP contribution in [0.15, 0.2) is 23.6 Å². The predicted molar refractivity (Wildman–Crippen MR) is 91.2 cm³/mol. The summed E-state index contributed by atoms with van der Waals surface area (Å²) >= 11 is 7.20. The van der Waals surface area contributed by atoms with Crippen molar-refractivity contribution in [3.05, 3.63) is 50.2 Å². The van der Waals surface area contributed by atoms with Crippen LogP contribution in [-0.2, 0) is 13.1 Å². The number of amides is 1. The van der Waals surface area contributed by atoms with Crippen LogP contribution in [0, 0.1) is 0 Å². The molecule has 1 aliphatic carbocycles. The lowest BCUT2D eigenvalue weighted by Gasteiger charge is -2.16. The molecule has 0 aliphatic heterocycles. The van der Waals surface area contributed by atoms with Crippen molar-refractivity contribution >= 4 is 34.5 Å². The summed E-state index contributed by atoms with van der Waals surface area (Å²) in [5.41, 5.74) is 15.9. The first-order valence-corrected chi connectivity index (χ1v) is 8.48. The topological polar surface area (TPSA) is 81.1 Å². The summed E-state index contributed by atoms with van der Waals surface area (Å²) in [6.45, 7) is 0.820. The van der Waals surface area contributed by atoms with E-state index in [-0.39, 0.29) is 5.91 Å². The number of hydrogen-bond acceptors (Lipinski definition) is 4. The predicted octanol–water partition coefficient (Wildman–Crippen LogP) is 3.25. The number of carbonyl (C=O) groups is 1. The van der Waals surface area contributed by atoms with Crippen molar-refractivity contribution in [2.24, 2.45) is 5.73 Å². The lowest BCUT2D eigenvalue weighted by atomic mass is 9.96. The molecule has 0 unspecified atom stereocenters. The second-order valence-corrected chi connectivity index (χ2v) is 6.84. The zero-order valence-electron chi connectivity index (χ0n) is 12.1. The first-order chi connectivity index (χ1) is 10.6. The molecular weight excluding hydrogens is 318 g/mol. The highest BCUT2D eigenvalue weighted by atomic mass is 35.5. The minimum atomic E-state index is -0.121. The Kier molecular flexibility index (Phi) is 4.38. The summed E-state index contributed by atoms with van der Waals surface area (Å²) in [7, 11) is 0. The van der Waals surface area contributed by atoms with Gasteiger partial charge < -0.3 is 16.8 Å². The van der Waals surface area contributed by atoms with Crippen LogP contribution in [0.5, 0.6) is 0 Å². The third kappa shape index (κ3) is 3.11. The number of nitrogen functional groups attached to an aromatic ring is 1. The smallest absolute Gasteiger partial charge is 0.261 e. The first-order valence-electron chi connectivity index (χ1n) is 7.22. The van der Waals surface area contributed by atoms with Crippen molar-refractivity contribution in [3.63, 3.8) is 0 Å². The molecular formula is C16H18ClN3OS. The highest BCUT2D eigenvalue weighted by Gasteiger charge is 2.27. The Morgan fingerprint density at radius 2 is 2.14 bits per heavy atom. The van der Waals surface area contributed by atoms with Gasteiger partial charge in [-0.25, -0.2) is 0 Å². The summed E-state index contributed by atoms with van der Waals surface area (Å²) < 4.78 is 0. The number of carbonyl (C=O) groups excluding carboxylic acids is 1. The molecule has 0 saturated heterocycles. The van der Waals surface area contributed by atoms with Gasteiger partial charge in [0.2, 0.25) is 0 Å². The average molecular weight is 336 g/mol. The van der Waals surface area contributed by atoms with Crippen LogP contribution >= 0.6 is 22.9 Å². The second-order valence-electron chi connectivity index (χ2n) is 5.49. The summed E-state index contributed by atoms with van der Waals surface area (Å²) in [5.74, 6) is 0.457. The quantitative estimate of drug-likeness (QED) is 0.734. The molecule has 22 heavy (non-hydrogen) atoms. The second kappa shape index (κ2) is 6.28. The molecule has 2 aromatic rings. The van der Waals surface area contributed by atoms with E-state index in [2.05, 4.69) is 11.4 Å². The number of nitrogens with two attached hydrogens (primary N) is 2. The van der Waals surface area contributed by atoms with E-state index in [4.69, 9.17) is 23.1 Å². The number of nitrogens with one attached hydrogen (secondary N) is 1. The third-order valence-corrected chi connectivity index (χ3v) is 5.22. The first kappa shape index (κ1) is 15.3. The molecule has 6 heteroatoms. The fourth-order valence-corrected chi connectivity index (χ4v) is 3.63. The summed E-state index contributed by atoms with van der Waals surface area (Å²) in [6, 6.07) is 5.66. The molecule has 4 nitrogen and oxygen atoms in total. The van der Waals surface area contributed by atoms with Gasteiger partial charge in [-0.15, -0.1) is 11.3 Å². The van der Waals surface area contributed by atoms with Crippen LogP contribution in [0.1, 0.15) is 45.1 Å². The Morgan fingerprint density at radius 1 is 1.36 bits per heavy atom. The van der Waals surface area contributed by atoms with Crippen LogP contribution in [0.4, 0.5) is 5.69 Å². The molecule has 1 saturated carbocycles. The fraction of sp³-hybridized carbons (Fsp3) is 0.312. The van der Waals surface area contributed by atoms with Gasteiger partial charge in [-0.2, -0.15) is 0 Å². The van der Waals surface area contributed by atoms with Gasteiger partial charge in [-0.1, -0.05) is 17.7 Å². The maximum atomic E-state index is 12.2. The minimum absolute atomic E-state index is 0.121. The molecule has 1 amide bonds. The van der Waals surface area contributed by atoms with Gasteiger partial charge >= 0.3 is 0 Å². The van der Waals surface area contributed by atoms with E-state index < -0.39 is 0 Å². The molecule has 3 rings (SSSR count). The van der Waals surface area contributed by atoms with Crippen LogP contribution in [0.2, 0.25) is 5.02 Å². The standard InChI is InChI=1S/C16H18ClN3OS/c17-10-5-15(22-8-10)16(21)20-7-13-11(9-1-2-9)3-4-14(19)12(13)6-18/h3-5,8-9H,1-2,6-7,18-19H2,(H,20,21). The van der Waals surface area contributed by atoms with Gasteiger partial charge in [-0.05, 0) is 47.6 Å². The van der Waals surface area contributed by atoms with Crippen LogP contribution in [0.3, 0.4) is 0 Å². The van der Waals surface area contributed by atoms with Crippen LogP contribution in [0.25, 0.3) is 0 Å². The Morgan fingerprint density at radius 3 is 2.73 bits per heavy atom. The van der Waals surface area contributed by atoms with E-state index in [0.717, 1.165) is 11.1 Å². The molecule has 0 radical (unpaired) electrons. The van der Waals surface area contributed by atoms with E-state index in [9.17, 15) is 4.79 Å². The van der Waals surface area contributed by atoms with E-state index in [1.54, 1.807) is 11.4 Å². The largest absolute Gasteiger partial charge is 0.398 e. The van der Waals surface area contributed by atoms with Gasteiger partial charge in [0.15, 0.2) is 0 Å². The van der Waals surface area contributed by atoms with E-state index in [1.807, 2.05) is 6.07 Å². The van der Waals surface area contributed by atoms with Crippen molar-refractivity contribution in [3.8, 4) is 0 Å². The van der Waals surface area contributed by atoms with Crippen molar-refractivity contribution in [1.29, 1.82) is 0 Å². The monoisotopic (exact) mass is 335 g/mol. The molecule has 5 N–H and O–H groups in total. The lowest BCUT2D eigenvalue weighted by molar-refractivity contribution is 0.0955. The number of halogens is 1. The number of benzene rings is 1. The molecule has 0 spiro atoms. The molecule has 0 bridgehead atoms. The maximum Gasteiger partial charge on any atom is 0.261 e. The van der Waals surface area contributed by atoms with E-state index in [0.29, 0.717) is 34.6 Å². The van der Waals surface area contributed by atoms with Gasteiger partial charge in [0.25, 0.3) is 5.91 Å². The summed E-state index contributed by atoms with van der Waals surface area (Å²) in [5, 5.41) is 5.29. The Balaban J connectivity index is 1.82. The Labute approximate surface area is 138 Å². The Hall–Kier alpha value is -1.56. The lowest BCUT2D eigenvalue weighted by Crippen LogP contribution is -2.24.